The highest BCUT2D eigenvalue weighted by Gasteiger charge is 2.46. The standard InChI is InChI=1S/C16H23F7O3/c1-10(2)13(24)25-8-12(26-11(3)4)7-15(19,20)9-14(17,18)5-6-16(21,22)23/h11-12H,1,5-9H2,2-4H3. The second-order valence-electron chi connectivity index (χ2n) is 6.39. The van der Waals surface area contributed by atoms with E-state index in [2.05, 4.69) is 6.58 Å². The van der Waals surface area contributed by atoms with Gasteiger partial charge in [0.25, 0.3) is 11.8 Å². The minimum absolute atomic E-state index is 0.0127. The maximum atomic E-state index is 13.9. The number of rotatable bonds is 11. The van der Waals surface area contributed by atoms with Crippen LogP contribution in [0.25, 0.3) is 0 Å². The van der Waals surface area contributed by atoms with E-state index in [4.69, 9.17) is 9.47 Å². The molecule has 0 saturated carbocycles. The van der Waals surface area contributed by atoms with Crippen LogP contribution in [0.4, 0.5) is 30.7 Å². The molecule has 3 nitrogen and oxygen atoms in total. The van der Waals surface area contributed by atoms with Gasteiger partial charge in [-0.05, 0) is 20.8 Å². The second kappa shape index (κ2) is 9.57. The lowest BCUT2D eigenvalue weighted by Gasteiger charge is -2.28. The molecule has 1 atom stereocenters. The summed E-state index contributed by atoms with van der Waals surface area (Å²) in [5, 5.41) is 0. The first-order valence-electron chi connectivity index (χ1n) is 7.83. The zero-order valence-electron chi connectivity index (χ0n) is 14.8. The van der Waals surface area contributed by atoms with Crippen LogP contribution in [0.3, 0.4) is 0 Å². The normalized spacial score (nSPS) is 14.4. The van der Waals surface area contributed by atoms with E-state index in [1.54, 1.807) is 0 Å². The maximum absolute atomic E-state index is 13.9. The van der Waals surface area contributed by atoms with Crippen molar-refractivity contribution in [2.45, 2.75) is 76.7 Å². The average molecular weight is 396 g/mol. The van der Waals surface area contributed by atoms with Gasteiger partial charge in [-0.3, -0.25) is 0 Å². The van der Waals surface area contributed by atoms with Gasteiger partial charge in [0.15, 0.2) is 0 Å². The molecule has 0 N–H and O–H groups in total. The number of hydrogen-bond donors (Lipinski definition) is 0. The molecule has 10 heteroatoms. The van der Waals surface area contributed by atoms with E-state index in [1.807, 2.05) is 0 Å². The highest BCUT2D eigenvalue weighted by atomic mass is 19.4. The Kier molecular flexibility index (Phi) is 9.08. The molecule has 0 aromatic carbocycles. The van der Waals surface area contributed by atoms with Crippen LogP contribution in [0.5, 0.6) is 0 Å². The molecule has 0 bridgehead atoms. The van der Waals surface area contributed by atoms with Gasteiger partial charge in [-0.2, -0.15) is 13.2 Å². The van der Waals surface area contributed by atoms with Gasteiger partial charge in [-0.25, -0.2) is 22.4 Å². The number of esters is 1. The van der Waals surface area contributed by atoms with E-state index in [0.717, 1.165) is 0 Å². The van der Waals surface area contributed by atoms with Crippen LogP contribution in [-0.2, 0) is 14.3 Å². The van der Waals surface area contributed by atoms with Crippen molar-refractivity contribution in [2.24, 2.45) is 0 Å². The molecule has 0 aliphatic carbocycles. The van der Waals surface area contributed by atoms with Crippen LogP contribution in [0, 0.1) is 0 Å². The lowest BCUT2D eigenvalue weighted by Crippen LogP contribution is -2.37. The van der Waals surface area contributed by atoms with Gasteiger partial charge in [0.1, 0.15) is 6.61 Å². The number of carbonyl (C=O) groups excluding carboxylic acids is 1. The molecule has 0 aliphatic heterocycles. The van der Waals surface area contributed by atoms with Crippen molar-refractivity contribution in [1.82, 2.24) is 0 Å². The van der Waals surface area contributed by atoms with Crippen LogP contribution in [0.15, 0.2) is 12.2 Å². The molecule has 0 saturated heterocycles. The fraction of sp³-hybridized carbons (Fsp3) is 0.812. The molecular weight excluding hydrogens is 373 g/mol. The Morgan fingerprint density at radius 2 is 1.54 bits per heavy atom. The highest BCUT2D eigenvalue weighted by Crippen LogP contribution is 2.39. The third-order valence-electron chi connectivity index (χ3n) is 3.03. The van der Waals surface area contributed by atoms with Crippen molar-refractivity contribution in [3.8, 4) is 0 Å². The Balaban J connectivity index is 4.87. The van der Waals surface area contributed by atoms with Crippen molar-refractivity contribution in [3.63, 3.8) is 0 Å². The summed E-state index contributed by atoms with van der Waals surface area (Å²) in [4.78, 5) is 11.3. The Morgan fingerprint density at radius 1 is 1.00 bits per heavy atom. The molecule has 0 rings (SSSR count). The Morgan fingerprint density at radius 3 is 1.96 bits per heavy atom. The van der Waals surface area contributed by atoms with Gasteiger partial charge < -0.3 is 9.47 Å². The van der Waals surface area contributed by atoms with Crippen molar-refractivity contribution < 1.29 is 45.0 Å². The number of halogens is 7. The fourth-order valence-corrected chi connectivity index (χ4v) is 2.02. The van der Waals surface area contributed by atoms with E-state index in [0.29, 0.717) is 0 Å². The van der Waals surface area contributed by atoms with Crippen molar-refractivity contribution in [3.05, 3.63) is 12.2 Å². The second-order valence-corrected chi connectivity index (χ2v) is 6.39. The van der Waals surface area contributed by atoms with E-state index in [9.17, 15) is 35.5 Å². The zero-order chi connectivity index (χ0) is 20.8. The Hall–Kier alpha value is -1.32. The summed E-state index contributed by atoms with van der Waals surface area (Å²) in [6.07, 6.45) is -13.7. The molecule has 0 radical (unpaired) electrons. The molecule has 154 valence electrons. The minimum Gasteiger partial charge on any atom is -0.460 e. The molecule has 0 spiro atoms. The third kappa shape index (κ3) is 12.1. The van der Waals surface area contributed by atoms with Gasteiger partial charge in [0, 0.05) is 24.8 Å². The van der Waals surface area contributed by atoms with Crippen LogP contribution < -0.4 is 0 Å². The lowest BCUT2D eigenvalue weighted by molar-refractivity contribution is -0.175. The summed E-state index contributed by atoms with van der Waals surface area (Å²) in [5.74, 6) is -9.07. The van der Waals surface area contributed by atoms with E-state index >= 15 is 0 Å². The minimum atomic E-state index is -4.86. The van der Waals surface area contributed by atoms with Crippen LogP contribution >= 0.6 is 0 Å². The first-order valence-corrected chi connectivity index (χ1v) is 7.83. The number of ether oxygens (including phenoxy) is 2. The first-order chi connectivity index (χ1) is 11.5. The van der Waals surface area contributed by atoms with E-state index < -0.39 is 68.5 Å². The maximum Gasteiger partial charge on any atom is 0.389 e. The summed E-state index contributed by atoms with van der Waals surface area (Å²) < 4.78 is 101. The molecule has 1 unspecified atom stereocenters. The number of alkyl halides is 7. The van der Waals surface area contributed by atoms with Crippen molar-refractivity contribution in [2.75, 3.05) is 6.61 Å². The summed E-state index contributed by atoms with van der Waals surface area (Å²) in [7, 11) is 0. The van der Waals surface area contributed by atoms with Crippen LogP contribution in [0.2, 0.25) is 0 Å². The molecule has 0 aromatic rings. The number of carbonyl (C=O) groups is 1. The zero-order valence-corrected chi connectivity index (χ0v) is 14.8. The molecular formula is C16H23F7O3. The lowest BCUT2D eigenvalue weighted by atomic mass is 10.0. The van der Waals surface area contributed by atoms with Crippen LogP contribution in [0.1, 0.15) is 46.5 Å². The quantitative estimate of drug-likeness (QED) is 0.270. The monoisotopic (exact) mass is 396 g/mol. The van der Waals surface area contributed by atoms with Gasteiger partial charge in [0.05, 0.1) is 18.6 Å². The largest absolute Gasteiger partial charge is 0.460 e. The third-order valence-corrected chi connectivity index (χ3v) is 3.03. The smallest absolute Gasteiger partial charge is 0.389 e. The van der Waals surface area contributed by atoms with Gasteiger partial charge in [-0.15, -0.1) is 0 Å². The predicted octanol–water partition coefficient (Wildman–Crippen LogP) is 5.29. The van der Waals surface area contributed by atoms with Crippen molar-refractivity contribution >= 4 is 5.97 Å². The summed E-state index contributed by atoms with van der Waals surface area (Å²) in [6, 6.07) is 0. The predicted molar refractivity (Wildman–Crippen MR) is 80.2 cm³/mol. The molecule has 0 amide bonds. The Labute approximate surface area is 147 Å². The average Bonchev–Trinajstić information content (AvgIpc) is 2.39. The first kappa shape index (κ1) is 24.7. The molecule has 0 aromatic heterocycles. The molecule has 0 heterocycles. The van der Waals surface area contributed by atoms with Gasteiger partial charge in [-0.1, -0.05) is 6.58 Å². The molecule has 0 aliphatic rings. The number of hydrogen-bond acceptors (Lipinski definition) is 3. The summed E-state index contributed by atoms with van der Waals surface area (Å²) in [6.45, 7) is 7.02. The molecule has 26 heavy (non-hydrogen) atoms. The fourth-order valence-electron chi connectivity index (χ4n) is 2.02. The summed E-state index contributed by atoms with van der Waals surface area (Å²) >= 11 is 0. The SMILES string of the molecule is C=C(C)C(=O)OCC(CC(F)(F)CC(F)(F)CCC(F)(F)F)OC(C)C. The highest BCUT2D eigenvalue weighted by molar-refractivity contribution is 5.86. The van der Waals surface area contributed by atoms with Crippen molar-refractivity contribution in [1.29, 1.82) is 0 Å². The molecule has 0 fully saturated rings. The van der Waals surface area contributed by atoms with Crippen LogP contribution in [-0.4, -0.2) is 42.8 Å². The topological polar surface area (TPSA) is 35.5 Å². The summed E-state index contributed by atoms with van der Waals surface area (Å²) in [5.41, 5.74) is 0.0127. The van der Waals surface area contributed by atoms with Gasteiger partial charge >= 0.3 is 12.1 Å². The van der Waals surface area contributed by atoms with E-state index in [-0.39, 0.29) is 5.57 Å². The van der Waals surface area contributed by atoms with Gasteiger partial charge in [0.2, 0.25) is 0 Å². The van der Waals surface area contributed by atoms with E-state index in [1.165, 1.54) is 20.8 Å². The Bertz CT molecular complexity index is 473.